The van der Waals surface area contributed by atoms with Crippen LogP contribution >= 0.6 is 0 Å². The van der Waals surface area contributed by atoms with Crippen molar-refractivity contribution in [2.75, 3.05) is 0 Å². The van der Waals surface area contributed by atoms with Crippen LogP contribution in [0, 0.1) is 0 Å². The molecule has 0 spiro atoms. The van der Waals surface area contributed by atoms with Gasteiger partial charge in [-0.1, -0.05) is 0 Å². The summed E-state index contributed by atoms with van der Waals surface area (Å²) in [4.78, 5) is 10.8. The molecule has 0 saturated carbocycles. The fraction of sp³-hybridized carbons (Fsp3) is 0.438. The van der Waals surface area contributed by atoms with Crippen molar-refractivity contribution in [2.24, 2.45) is 5.73 Å². The zero-order valence-corrected chi connectivity index (χ0v) is 12.7. The molecule has 0 fully saturated rings. The molecule has 0 aliphatic carbocycles. The van der Waals surface area contributed by atoms with Gasteiger partial charge in [-0.15, -0.1) is 0 Å². The van der Waals surface area contributed by atoms with E-state index in [1.807, 2.05) is 38.2 Å². The number of hydrogen-bond donors (Lipinski definition) is 2. The molecule has 2 rings (SSSR count). The van der Waals surface area contributed by atoms with E-state index in [1.54, 1.807) is 6.07 Å². The molecule has 5 heteroatoms. The highest BCUT2D eigenvalue weighted by Gasteiger charge is 2.14. The molecular weight excluding hydrogens is 268 g/mol. The summed E-state index contributed by atoms with van der Waals surface area (Å²) in [6.45, 7) is 6.38. The number of carboxylic acids is 1. The Labute approximate surface area is 124 Å². The number of nitrogens with zero attached hydrogens (tertiary/aromatic N) is 1. The molecule has 1 unspecified atom stereocenters. The van der Waals surface area contributed by atoms with Crippen LogP contribution in [0.2, 0.25) is 0 Å². The quantitative estimate of drug-likeness (QED) is 0.857. The zero-order chi connectivity index (χ0) is 15.6. The molecule has 1 heterocycles. The monoisotopic (exact) mass is 290 g/mol. The second-order valence-electron chi connectivity index (χ2n) is 6.07. The van der Waals surface area contributed by atoms with Gasteiger partial charge < -0.3 is 20.1 Å². The van der Waals surface area contributed by atoms with Gasteiger partial charge in [-0.25, -0.2) is 4.79 Å². The molecule has 0 aliphatic rings. The standard InChI is InChI=1S/C16H22N2O3/c1-11(15(19)20)21-13-4-5-14-12(10-13)6-8-18(14)9-7-16(2,3)17/h4-6,8,10-11H,7,9,17H2,1-3H3,(H,19,20). The van der Waals surface area contributed by atoms with Crippen LogP contribution in [0.5, 0.6) is 5.75 Å². The largest absolute Gasteiger partial charge is 0.479 e. The first-order valence-electron chi connectivity index (χ1n) is 7.03. The van der Waals surface area contributed by atoms with E-state index in [0.717, 1.165) is 23.9 Å². The number of aliphatic carboxylic acids is 1. The lowest BCUT2D eigenvalue weighted by molar-refractivity contribution is -0.144. The molecule has 1 aromatic carbocycles. The van der Waals surface area contributed by atoms with Gasteiger partial charge in [-0.3, -0.25) is 0 Å². The van der Waals surface area contributed by atoms with Gasteiger partial charge in [0.05, 0.1) is 0 Å². The Morgan fingerprint density at radius 2 is 2.14 bits per heavy atom. The van der Waals surface area contributed by atoms with Gasteiger partial charge in [0.15, 0.2) is 6.10 Å². The Kier molecular flexibility index (Phi) is 4.23. The summed E-state index contributed by atoms with van der Waals surface area (Å²) in [6.07, 6.45) is 2.04. The normalized spacial score (nSPS) is 13.3. The van der Waals surface area contributed by atoms with E-state index in [1.165, 1.54) is 6.92 Å². The molecule has 21 heavy (non-hydrogen) atoms. The summed E-state index contributed by atoms with van der Waals surface area (Å²) in [5.74, 6) is -0.410. The van der Waals surface area contributed by atoms with E-state index in [0.29, 0.717) is 5.75 Å². The van der Waals surface area contributed by atoms with Crippen molar-refractivity contribution >= 4 is 16.9 Å². The Bertz CT molecular complexity index is 640. The van der Waals surface area contributed by atoms with Crippen LogP contribution in [0.25, 0.3) is 10.9 Å². The number of fused-ring (bicyclic) bond motifs is 1. The number of aryl methyl sites for hydroxylation is 1. The van der Waals surface area contributed by atoms with Crippen LogP contribution < -0.4 is 10.5 Å². The molecule has 0 aliphatic heterocycles. The molecule has 0 saturated heterocycles. The van der Waals surface area contributed by atoms with Gasteiger partial charge in [0.25, 0.3) is 0 Å². The summed E-state index contributed by atoms with van der Waals surface area (Å²) in [7, 11) is 0. The minimum atomic E-state index is -0.974. The average Bonchev–Trinajstić information content (AvgIpc) is 2.77. The third kappa shape index (κ3) is 3.98. The van der Waals surface area contributed by atoms with Gasteiger partial charge in [-0.05, 0) is 51.5 Å². The number of benzene rings is 1. The van der Waals surface area contributed by atoms with Gasteiger partial charge in [0, 0.05) is 29.2 Å². The van der Waals surface area contributed by atoms with Gasteiger partial charge in [-0.2, -0.15) is 0 Å². The van der Waals surface area contributed by atoms with Crippen LogP contribution in [0.15, 0.2) is 30.5 Å². The Hall–Kier alpha value is -2.01. The lowest BCUT2D eigenvalue weighted by Gasteiger charge is -2.19. The molecule has 0 radical (unpaired) electrons. The number of aromatic nitrogens is 1. The highest BCUT2D eigenvalue weighted by molar-refractivity contribution is 5.82. The lowest BCUT2D eigenvalue weighted by Crippen LogP contribution is -2.33. The summed E-state index contributed by atoms with van der Waals surface area (Å²) >= 11 is 0. The minimum absolute atomic E-state index is 0.198. The number of carboxylic acid groups (broad SMARTS) is 1. The predicted molar refractivity (Wildman–Crippen MR) is 82.5 cm³/mol. The Morgan fingerprint density at radius 3 is 2.76 bits per heavy atom. The molecule has 2 aromatic rings. The van der Waals surface area contributed by atoms with Crippen LogP contribution in [-0.4, -0.2) is 27.3 Å². The van der Waals surface area contributed by atoms with Gasteiger partial charge in [0.1, 0.15) is 5.75 Å². The highest BCUT2D eigenvalue weighted by Crippen LogP contribution is 2.23. The maximum atomic E-state index is 10.8. The second kappa shape index (κ2) is 5.77. The first kappa shape index (κ1) is 15.4. The van der Waals surface area contributed by atoms with Crippen LogP contribution in [0.4, 0.5) is 0 Å². The Morgan fingerprint density at radius 1 is 1.43 bits per heavy atom. The highest BCUT2D eigenvalue weighted by atomic mass is 16.5. The molecule has 0 amide bonds. The summed E-state index contributed by atoms with van der Waals surface area (Å²) in [6, 6.07) is 7.60. The molecule has 1 atom stereocenters. The molecule has 114 valence electrons. The average molecular weight is 290 g/mol. The van der Waals surface area contributed by atoms with E-state index in [4.69, 9.17) is 15.6 Å². The van der Waals surface area contributed by atoms with Crippen molar-refractivity contribution in [2.45, 2.75) is 45.4 Å². The summed E-state index contributed by atoms with van der Waals surface area (Å²) in [5, 5.41) is 9.89. The number of nitrogens with two attached hydrogens (primary N) is 1. The Balaban J connectivity index is 2.17. The molecular formula is C16H22N2O3. The smallest absolute Gasteiger partial charge is 0.344 e. The van der Waals surface area contributed by atoms with E-state index in [-0.39, 0.29) is 5.54 Å². The third-order valence-corrected chi connectivity index (χ3v) is 3.40. The minimum Gasteiger partial charge on any atom is -0.479 e. The first-order chi connectivity index (χ1) is 9.76. The number of ether oxygens (including phenoxy) is 1. The fourth-order valence-corrected chi connectivity index (χ4v) is 2.11. The number of rotatable bonds is 6. The van der Waals surface area contributed by atoms with E-state index in [2.05, 4.69) is 4.57 Å². The van der Waals surface area contributed by atoms with E-state index >= 15 is 0 Å². The maximum absolute atomic E-state index is 10.8. The van der Waals surface area contributed by atoms with Crippen LogP contribution in [0.3, 0.4) is 0 Å². The third-order valence-electron chi connectivity index (χ3n) is 3.40. The van der Waals surface area contributed by atoms with Crippen molar-refractivity contribution in [3.63, 3.8) is 0 Å². The molecule has 3 N–H and O–H groups in total. The van der Waals surface area contributed by atoms with Crippen molar-refractivity contribution in [3.05, 3.63) is 30.5 Å². The second-order valence-corrected chi connectivity index (χ2v) is 6.07. The van der Waals surface area contributed by atoms with E-state index < -0.39 is 12.1 Å². The van der Waals surface area contributed by atoms with Gasteiger partial charge >= 0.3 is 5.97 Å². The molecule has 0 bridgehead atoms. The van der Waals surface area contributed by atoms with Crippen LogP contribution in [0.1, 0.15) is 27.2 Å². The topological polar surface area (TPSA) is 77.5 Å². The fourth-order valence-electron chi connectivity index (χ4n) is 2.11. The van der Waals surface area contributed by atoms with Crippen molar-refractivity contribution in [1.82, 2.24) is 4.57 Å². The lowest BCUT2D eigenvalue weighted by atomic mass is 10.0. The predicted octanol–water partition coefficient (Wildman–Crippen LogP) is 2.62. The van der Waals surface area contributed by atoms with Crippen molar-refractivity contribution in [1.29, 1.82) is 0 Å². The summed E-state index contributed by atoms with van der Waals surface area (Å²) < 4.78 is 7.53. The number of hydrogen-bond acceptors (Lipinski definition) is 3. The molecule has 5 nitrogen and oxygen atoms in total. The summed E-state index contributed by atoms with van der Waals surface area (Å²) in [5.41, 5.74) is 6.91. The van der Waals surface area contributed by atoms with E-state index in [9.17, 15) is 4.79 Å². The van der Waals surface area contributed by atoms with Crippen molar-refractivity contribution in [3.8, 4) is 5.75 Å². The first-order valence-corrected chi connectivity index (χ1v) is 7.03. The zero-order valence-electron chi connectivity index (χ0n) is 12.7. The van der Waals surface area contributed by atoms with Gasteiger partial charge in [0.2, 0.25) is 0 Å². The maximum Gasteiger partial charge on any atom is 0.344 e. The van der Waals surface area contributed by atoms with Crippen LogP contribution in [-0.2, 0) is 11.3 Å². The van der Waals surface area contributed by atoms with Crippen molar-refractivity contribution < 1.29 is 14.6 Å². The SMILES string of the molecule is CC(Oc1ccc2c(ccn2CCC(C)(C)N)c1)C(=O)O. The molecule has 1 aromatic heterocycles. The number of carbonyl (C=O) groups is 1.